The lowest BCUT2D eigenvalue weighted by molar-refractivity contribution is 0.352. The summed E-state index contributed by atoms with van der Waals surface area (Å²) in [6, 6.07) is 18.2. The topological polar surface area (TPSA) is 56.3 Å². The van der Waals surface area contributed by atoms with E-state index in [0.717, 1.165) is 55.1 Å². The average Bonchev–Trinajstić information content (AvgIpc) is 2.84. The van der Waals surface area contributed by atoms with Gasteiger partial charge in [0.1, 0.15) is 5.82 Å². The molecule has 0 radical (unpaired) electrons. The zero-order valence-corrected chi connectivity index (χ0v) is 20.5. The second kappa shape index (κ2) is 12.0. The van der Waals surface area contributed by atoms with Crippen LogP contribution in [-0.2, 0) is 6.54 Å². The number of rotatable bonds is 9. The monoisotopic (exact) mass is 462 g/mol. The molecule has 0 amide bonds. The van der Waals surface area contributed by atoms with Gasteiger partial charge < -0.3 is 20.4 Å². The third-order valence-electron chi connectivity index (χ3n) is 6.73. The van der Waals surface area contributed by atoms with Crippen molar-refractivity contribution in [3.63, 3.8) is 0 Å². The summed E-state index contributed by atoms with van der Waals surface area (Å²) in [5, 5.41) is 8.47. The van der Waals surface area contributed by atoms with E-state index in [1.807, 2.05) is 26.2 Å². The zero-order chi connectivity index (χ0) is 23.2. The van der Waals surface area contributed by atoms with Gasteiger partial charge in [-0.1, -0.05) is 31.7 Å². The number of anilines is 3. The van der Waals surface area contributed by atoms with Crippen LogP contribution in [0.5, 0.6) is 0 Å². The molecule has 2 N–H and O–H groups in total. The van der Waals surface area contributed by atoms with Gasteiger partial charge in [-0.15, -0.1) is 0 Å². The molecule has 1 aliphatic carbocycles. The molecule has 1 fully saturated rings. The fourth-order valence-corrected chi connectivity index (χ4v) is 4.77. The van der Waals surface area contributed by atoms with Crippen LogP contribution in [-0.4, -0.2) is 49.2 Å². The Morgan fingerprint density at radius 1 is 0.853 bits per heavy atom. The van der Waals surface area contributed by atoms with E-state index in [1.54, 1.807) is 0 Å². The van der Waals surface area contributed by atoms with Crippen molar-refractivity contribution in [2.75, 3.05) is 42.3 Å². The molecule has 0 atom stereocenters. The summed E-state index contributed by atoms with van der Waals surface area (Å²) in [5.41, 5.74) is 3.65. The van der Waals surface area contributed by atoms with Gasteiger partial charge >= 0.3 is 0 Å². The van der Waals surface area contributed by atoms with E-state index in [2.05, 4.69) is 70.7 Å². The predicted octanol–water partition coefficient (Wildman–Crippen LogP) is 5.69. The van der Waals surface area contributed by atoms with Crippen LogP contribution in [0.4, 0.5) is 17.5 Å². The largest absolute Gasteiger partial charge is 0.372 e. The molecule has 0 bridgehead atoms. The van der Waals surface area contributed by atoms with Crippen LogP contribution in [0.3, 0.4) is 0 Å². The fraction of sp³-hybridized carbons (Fsp3) is 0.500. The lowest BCUT2D eigenvalue weighted by Crippen LogP contribution is -2.37. The Hall–Kier alpha value is -2.86. The predicted molar refractivity (Wildman–Crippen MR) is 147 cm³/mol. The van der Waals surface area contributed by atoms with Crippen molar-refractivity contribution in [1.29, 1.82) is 0 Å². The number of nitrogens with zero attached hydrogens (tertiary/aromatic N) is 4. The lowest BCUT2D eigenvalue weighted by Gasteiger charge is -2.30. The molecule has 3 aromatic rings. The summed E-state index contributed by atoms with van der Waals surface area (Å²) in [7, 11) is 4.07. The maximum Gasteiger partial charge on any atom is 0.225 e. The van der Waals surface area contributed by atoms with Crippen LogP contribution in [0, 0.1) is 0 Å². The van der Waals surface area contributed by atoms with Crippen LogP contribution in [0.15, 0.2) is 48.5 Å². The summed E-state index contributed by atoms with van der Waals surface area (Å²) in [5.74, 6) is 1.70. The average molecular weight is 463 g/mol. The van der Waals surface area contributed by atoms with E-state index in [9.17, 15) is 0 Å². The summed E-state index contributed by atoms with van der Waals surface area (Å²) >= 11 is 0. The number of para-hydroxylation sites is 1. The van der Waals surface area contributed by atoms with Crippen molar-refractivity contribution in [3.8, 4) is 0 Å². The Labute approximate surface area is 205 Å². The first-order chi connectivity index (χ1) is 16.1. The summed E-state index contributed by atoms with van der Waals surface area (Å²) in [6.45, 7) is 7.44. The standard InChI is InChI=1S/C27H38N6.CH4/c1-5-33(6-2)23-17-11-20(12-18-23)19-28-21-13-15-22(16-14-21)29-27-30-25-10-8-7-9-24(25)26(31-27)32(3)4;/h7-12,17-18,21-22,28H,5-6,13-16,19H2,1-4H3,(H,29,30,31);1H4. The van der Waals surface area contributed by atoms with Crippen molar-refractivity contribution < 1.29 is 0 Å². The Balaban J connectivity index is 0.00000324. The smallest absolute Gasteiger partial charge is 0.225 e. The Morgan fingerprint density at radius 3 is 2.15 bits per heavy atom. The van der Waals surface area contributed by atoms with Gasteiger partial charge in [0.25, 0.3) is 0 Å². The van der Waals surface area contributed by atoms with Crippen molar-refractivity contribution >= 4 is 28.4 Å². The van der Waals surface area contributed by atoms with Gasteiger partial charge in [-0.05, 0) is 69.4 Å². The fourth-order valence-electron chi connectivity index (χ4n) is 4.77. The van der Waals surface area contributed by atoms with E-state index >= 15 is 0 Å². The Kier molecular flexibility index (Phi) is 9.11. The minimum absolute atomic E-state index is 0. The molecule has 4 rings (SSSR count). The van der Waals surface area contributed by atoms with Crippen LogP contribution in [0.2, 0.25) is 0 Å². The molecule has 2 aromatic carbocycles. The number of fused-ring (bicyclic) bond motifs is 1. The molecule has 0 spiro atoms. The first-order valence-electron chi connectivity index (χ1n) is 12.3. The minimum Gasteiger partial charge on any atom is -0.372 e. The zero-order valence-electron chi connectivity index (χ0n) is 20.5. The van der Waals surface area contributed by atoms with Crippen LogP contribution < -0.4 is 20.4 Å². The summed E-state index contributed by atoms with van der Waals surface area (Å²) < 4.78 is 0. The molecule has 0 aliphatic heterocycles. The molecule has 184 valence electrons. The molecule has 1 heterocycles. The van der Waals surface area contributed by atoms with Crippen LogP contribution in [0.1, 0.15) is 52.5 Å². The number of hydrogen-bond acceptors (Lipinski definition) is 6. The van der Waals surface area contributed by atoms with Crippen molar-refractivity contribution in [1.82, 2.24) is 15.3 Å². The number of hydrogen-bond donors (Lipinski definition) is 2. The molecule has 1 saturated carbocycles. The van der Waals surface area contributed by atoms with Crippen molar-refractivity contribution in [3.05, 3.63) is 54.1 Å². The SMILES string of the molecule is C.CCN(CC)c1ccc(CNC2CCC(Nc3nc(N(C)C)c4ccccc4n3)CC2)cc1. The van der Waals surface area contributed by atoms with Gasteiger partial charge in [-0.25, -0.2) is 4.98 Å². The molecular weight excluding hydrogens is 420 g/mol. The molecule has 6 nitrogen and oxygen atoms in total. The van der Waals surface area contributed by atoms with Gasteiger partial charge in [0.15, 0.2) is 0 Å². The van der Waals surface area contributed by atoms with E-state index in [0.29, 0.717) is 12.1 Å². The Morgan fingerprint density at radius 2 is 1.50 bits per heavy atom. The van der Waals surface area contributed by atoms with E-state index < -0.39 is 0 Å². The van der Waals surface area contributed by atoms with Gasteiger partial charge in [-0.2, -0.15) is 4.98 Å². The minimum atomic E-state index is 0. The first kappa shape index (κ1) is 25.8. The van der Waals surface area contributed by atoms with E-state index in [-0.39, 0.29) is 7.43 Å². The molecule has 6 heteroatoms. The molecule has 0 unspecified atom stereocenters. The second-order valence-corrected chi connectivity index (χ2v) is 9.19. The second-order valence-electron chi connectivity index (χ2n) is 9.19. The number of benzene rings is 2. The number of nitrogens with one attached hydrogen (secondary N) is 2. The molecular formula is C28H42N6. The maximum atomic E-state index is 4.81. The summed E-state index contributed by atoms with van der Waals surface area (Å²) in [6.07, 6.45) is 4.60. The van der Waals surface area contributed by atoms with E-state index in [4.69, 9.17) is 9.97 Å². The van der Waals surface area contributed by atoms with Gasteiger partial charge in [-0.3, -0.25) is 0 Å². The van der Waals surface area contributed by atoms with Crippen LogP contribution >= 0.6 is 0 Å². The lowest BCUT2D eigenvalue weighted by atomic mass is 9.91. The quantitative estimate of drug-likeness (QED) is 0.426. The molecule has 1 aromatic heterocycles. The Bertz CT molecular complexity index is 1020. The third kappa shape index (κ3) is 6.17. The van der Waals surface area contributed by atoms with Crippen molar-refractivity contribution in [2.24, 2.45) is 0 Å². The third-order valence-corrected chi connectivity index (χ3v) is 6.73. The van der Waals surface area contributed by atoms with Gasteiger partial charge in [0.05, 0.1) is 5.52 Å². The highest BCUT2D eigenvalue weighted by Crippen LogP contribution is 2.26. The highest BCUT2D eigenvalue weighted by Gasteiger charge is 2.22. The number of aromatic nitrogens is 2. The first-order valence-corrected chi connectivity index (χ1v) is 12.3. The maximum absolute atomic E-state index is 4.81. The van der Waals surface area contributed by atoms with Crippen LogP contribution in [0.25, 0.3) is 10.9 Å². The normalized spacial score (nSPS) is 17.8. The molecule has 0 saturated heterocycles. The van der Waals surface area contributed by atoms with E-state index in [1.165, 1.54) is 24.1 Å². The highest BCUT2D eigenvalue weighted by atomic mass is 15.2. The summed E-state index contributed by atoms with van der Waals surface area (Å²) in [4.78, 5) is 14.0. The highest BCUT2D eigenvalue weighted by molar-refractivity contribution is 5.90. The van der Waals surface area contributed by atoms with Gasteiger partial charge in [0.2, 0.25) is 5.95 Å². The molecule has 34 heavy (non-hydrogen) atoms. The van der Waals surface area contributed by atoms with Gasteiger partial charge in [0, 0.05) is 56.9 Å². The van der Waals surface area contributed by atoms with Crippen molar-refractivity contribution in [2.45, 2.75) is 65.6 Å². The molecule has 1 aliphatic rings.